The highest BCUT2D eigenvalue weighted by atomic mass is 16.5. The lowest BCUT2D eigenvalue weighted by atomic mass is 10.3. The van der Waals surface area contributed by atoms with Crippen LogP contribution in [0.25, 0.3) is 0 Å². The summed E-state index contributed by atoms with van der Waals surface area (Å²) in [6, 6.07) is 0.111. The van der Waals surface area contributed by atoms with Gasteiger partial charge >= 0.3 is 0 Å². The summed E-state index contributed by atoms with van der Waals surface area (Å²) in [6.07, 6.45) is 4.85. The number of hydrogen-bond donors (Lipinski definition) is 1. The highest BCUT2D eigenvalue weighted by Gasteiger charge is 1.95. The molecule has 0 bridgehead atoms. The van der Waals surface area contributed by atoms with E-state index in [9.17, 15) is 4.79 Å². The molecule has 3 heteroatoms. The molecule has 1 N–H and O–H groups in total. The van der Waals surface area contributed by atoms with Crippen molar-refractivity contribution in [2.45, 2.75) is 26.3 Å². The molecule has 0 aliphatic rings. The van der Waals surface area contributed by atoms with Crippen molar-refractivity contribution in [3.05, 3.63) is 12.2 Å². The molecular weight excluding hydrogens is 154 g/mol. The van der Waals surface area contributed by atoms with Gasteiger partial charge in [-0.15, -0.1) is 0 Å². The van der Waals surface area contributed by atoms with Crippen molar-refractivity contribution in [2.24, 2.45) is 0 Å². The van der Waals surface area contributed by atoms with Crippen LogP contribution in [-0.2, 0) is 9.53 Å². The average Bonchev–Trinajstić information content (AvgIpc) is 1.97. The molecule has 0 spiro atoms. The Morgan fingerprint density at radius 3 is 2.83 bits per heavy atom. The van der Waals surface area contributed by atoms with Gasteiger partial charge < -0.3 is 10.1 Å². The molecule has 0 radical (unpaired) electrons. The van der Waals surface area contributed by atoms with Gasteiger partial charge in [-0.25, -0.2) is 0 Å². The minimum Gasteiger partial charge on any atom is -0.384 e. The van der Waals surface area contributed by atoms with Crippen LogP contribution in [0.1, 0.15) is 20.3 Å². The molecule has 0 fully saturated rings. The molecule has 0 saturated carbocycles. The average molecular weight is 171 g/mol. The Kier molecular flexibility index (Phi) is 6.38. The van der Waals surface area contributed by atoms with Crippen molar-refractivity contribution >= 4 is 5.91 Å². The van der Waals surface area contributed by atoms with Crippen LogP contribution in [0.2, 0.25) is 0 Å². The number of methoxy groups -OCH3 is 1. The van der Waals surface area contributed by atoms with E-state index in [2.05, 4.69) is 5.32 Å². The minimum atomic E-state index is -0.00103. The first-order valence-electron chi connectivity index (χ1n) is 4.09. The molecule has 0 aromatic rings. The molecule has 70 valence electrons. The highest BCUT2D eigenvalue weighted by molar-refractivity contribution is 5.73. The number of ether oxygens (including phenoxy) is 1. The van der Waals surface area contributed by atoms with Crippen LogP contribution in [0.15, 0.2) is 12.2 Å². The first kappa shape index (κ1) is 11.2. The predicted molar refractivity (Wildman–Crippen MR) is 48.9 cm³/mol. The Balaban J connectivity index is 3.46. The number of carbonyl (C=O) groups excluding carboxylic acids is 1. The molecule has 0 aromatic carbocycles. The second-order valence-corrected chi connectivity index (χ2v) is 2.70. The van der Waals surface area contributed by atoms with Crippen LogP contribution in [0.3, 0.4) is 0 Å². The summed E-state index contributed by atoms with van der Waals surface area (Å²) < 4.78 is 4.87. The van der Waals surface area contributed by atoms with Gasteiger partial charge in [-0.05, 0) is 13.3 Å². The van der Waals surface area contributed by atoms with E-state index in [0.717, 1.165) is 13.0 Å². The molecule has 0 aliphatic carbocycles. The highest BCUT2D eigenvalue weighted by Crippen LogP contribution is 1.88. The van der Waals surface area contributed by atoms with Gasteiger partial charge in [0.05, 0.1) is 0 Å². The van der Waals surface area contributed by atoms with Crippen molar-refractivity contribution in [3.8, 4) is 0 Å². The molecule has 1 amide bonds. The molecule has 1 atom stereocenters. The fourth-order valence-corrected chi connectivity index (χ4v) is 0.855. The van der Waals surface area contributed by atoms with E-state index in [0.29, 0.717) is 0 Å². The summed E-state index contributed by atoms with van der Waals surface area (Å²) >= 11 is 0. The lowest BCUT2D eigenvalue weighted by molar-refractivity contribution is -0.119. The zero-order chi connectivity index (χ0) is 9.40. The molecule has 3 nitrogen and oxygen atoms in total. The maximum atomic E-state index is 10.6. The largest absolute Gasteiger partial charge is 0.384 e. The Morgan fingerprint density at radius 1 is 1.67 bits per heavy atom. The van der Waals surface area contributed by atoms with Crippen molar-refractivity contribution in [1.29, 1.82) is 0 Å². The van der Waals surface area contributed by atoms with Gasteiger partial charge in [0, 0.05) is 26.7 Å². The predicted octanol–water partition coefficient (Wildman–Crippen LogP) is 1.10. The molecule has 0 rings (SSSR count). The number of carbonyl (C=O) groups is 1. The van der Waals surface area contributed by atoms with Crippen molar-refractivity contribution in [3.63, 3.8) is 0 Å². The zero-order valence-electron chi connectivity index (χ0n) is 7.96. The van der Waals surface area contributed by atoms with Crippen LogP contribution in [0.5, 0.6) is 0 Å². The van der Waals surface area contributed by atoms with Gasteiger partial charge in [0.15, 0.2) is 0 Å². The fraction of sp³-hybridized carbons (Fsp3) is 0.667. The molecular formula is C9H17NO2. The van der Waals surface area contributed by atoms with Gasteiger partial charge in [-0.2, -0.15) is 0 Å². The number of hydrogen-bond acceptors (Lipinski definition) is 2. The smallest absolute Gasteiger partial charge is 0.217 e. The Bertz CT molecular complexity index is 155. The molecule has 0 aliphatic heterocycles. The van der Waals surface area contributed by atoms with Gasteiger partial charge in [-0.1, -0.05) is 12.2 Å². The molecule has 0 aromatic heterocycles. The summed E-state index contributed by atoms with van der Waals surface area (Å²) in [7, 11) is 1.67. The SMILES string of the molecule is COCC/C=C/C(C)NC(C)=O. The maximum absolute atomic E-state index is 10.6. The van der Waals surface area contributed by atoms with E-state index in [1.54, 1.807) is 7.11 Å². The lowest BCUT2D eigenvalue weighted by Gasteiger charge is -2.05. The first-order valence-corrected chi connectivity index (χ1v) is 4.09. The van der Waals surface area contributed by atoms with Gasteiger partial charge in [0.2, 0.25) is 5.91 Å². The van der Waals surface area contributed by atoms with E-state index in [4.69, 9.17) is 4.74 Å². The van der Waals surface area contributed by atoms with E-state index >= 15 is 0 Å². The third-order valence-electron chi connectivity index (χ3n) is 1.34. The summed E-state index contributed by atoms with van der Waals surface area (Å²) in [5.41, 5.74) is 0. The van der Waals surface area contributed by atoms with Gasteiger partial charge in [0.25, 0.3) is 0 Å². The second kappa shape index (κ2) is 6.85. The standard InChI is InChI=1S/C9H17NO2/c1-8(10-9(2)11)6-4-5-7-12-3/h4,6,8H,5,7H2,1-3H3,(H,10,11)/b6-4+. The van der Waals surface area contributed by atoms with E-state index in [-0.39, 0.29) is 11.9 Å². The Morgan fingerprint density at radius 2 is 2.33 bits per heavy atom. The molecule has 1 unspecified atom stereocenters. The van der Waals surface area contributed by atoms with Crippen LogP contribution in [0, 0.1) is 0 Å². The Hall–Kier alpha value is -0.830. The summed E-state index contributed by atoms with van der Waals surface area (Å²) in [5, 5.41) is 2.75. The van der Waals surface area contributed by atoms with E-state index in [1.807, 2.05) is 19.1 Å². The number of nitrogens with one attached hydrogen (secondary N) is 1. The molecule has 12 heavy (non-hydrogen) atoms. The topological polar surface area (TPSA) is 38.3 Å². The lowest BCUT2D eigenvalue weighted by Crippen LogP contribution is -2.28. The summed E-state index contributed by atoms with van der Waals surface area (Å²) in [6.45, 7) is 4.17. The van der Waals surface area contributed by atoms with Crippen LogP contribution in [0.4, 0.5) is 0 Å². The van der Waals surface area contributed by atoms with Crippen molar-refractivity contribution in [2.75, 3.05) is 13.7 Å². The second-order valence-electron chi connectivity index (χ2n) is 2.70. The molecule has 0 heterocycles. The third kappa shape index (κ3) is 7.28. The summed E-state index contributed by atoms with van der Waals surface area (Å²) in [4.78, 5) is 10.6. The van der Waals surface area contributed by atoms with Crippen molar-refractivity contribution in [1.82, 2.24) is 5.32 Å². The van der Waals surface area contributed by atoms with E-state index in [1.165, 1.54) is 6.92 Å². The number of amides is 1. The first-order chi connectivity index (χ1) is 5.66. The van der Waals surface area contributed by atoms with Crippen LogP contribution in [-0.4, -0.2) is 25.7 Å². The Labute approximate surface area is 73.8 Å². The van der Waals surface area contributed by atoms with Crippen LogP contribution < -0.4 is 5.32 Å². The summed E-state index contributed by atoms with van der Waals surface area (Å²) in [5.74, 6) is -0.00103. The quantitative estimate of drug-likeness (QED) is 0.497. The maximum Gasteiger partial charge on any atom is 0.217 e. The molecule has 0 saturated heterocycles. The van der Waals surface area contributed by atoms with Crippen LogP contribution >= 0.6 is 0 Å². The monoisotopic (exact) mass is 171 g/mol. The number of rotatable bonds is 5. The van der Waals surface area contributed by atoms with Crippen molar-refractivity contribution < 1.29 is 9.53 Å². The zero-order valence-corrected chi connectivity index (χ0v) is 7.96. The normalized spacial score (nSPS) is 13.2. The third-order valence-corrected chi connectivity index (χ3v) is 1.34. The minimum absolute atomic E-state index is 0.00103. The van der Waals surface area contributed by atoms with Gasteiger partial charge in [0.1, 0.15) is 0 Å². The van der Waals surface area contributed by atoms with E-state index < -0.39 is 0 Å². The van der Waals surface area contributed by atoms with Gasteiger partial charge in [-0.3, -0.25) is 4.79 Å². The fourth-order valence-electron chi connectivity index (χ4n) is 0.855.